The molecule has 12 heteroatoms. The number of carbonyl (C=O) groups excluding carboxylic acids is 2. The second kappa shape index (κ2) is 35.7. The molecule has 1 heterocycles. The van der Waals surface area contributed by atoms with Crippen molar-refractivity contribution in [3.8, 4) is 0 Å². The van der Waals surface area contributed by atoms with Gasteiger partial charge < -0.3 is 29.6 Å². The van der Waals surface area contributed by atoms with Gasteiger partial charge in [-0.25, -0.2) is 4.57 Å². The van der Waals surface area contributed by atoms with Gasteiger partial charge in [-0.15, -0.1) is 0 Å². The molecule has 1 aromatic heterocycles. The van der Waals surface area contributed by atoms with Gasteiger partial charge in [-0.05, 0) is 82.8 Å². The molecule has 0 aromatic carbocycles. The van der Waals surface area contributed by atoms with E-state index in [4.69, 9.17) is 28.7 Å². The first kappa shape index (κ1) is 54.0. The van der Waals surface area contributed by atoms with Gasteiger partial charge in [0.25, 0.3) is 0 Å². The average Bonchev–Trinajstić information content (AvgIpc) is 3.48. The van der Waals surface area contributed by atoms with Crippen molar-refractivity contribution in [1.82, 2.24) is 0 Å². The van der Waals surface area contributed by atoms with Crippen molar-refractivity contribution in [2.24, 2.45) is 5.73 Å². The van der Waals surface area contributed by atoms with E-state index in [1.165, 1.54) is 49.0 Å². The van der Waals surface area contributed by atoms with Gasteiger partial charge in [-0.1, -0.05) is 126 Å². The van der Waals surface area contributed by atoms with Gasteiger partial charge in [0.2, 0.25) is 0 Å². The maximum absolute atomic E-state index is 12.6. The van der Waals surface area contributed by atoms with Crippen LogP contribution in [0.4, 0.5) is 0 Å². The van der Waals surface area contributed by atoms with Gasteiger partial charge in [0.1, 0.15) is 18.1 Å². The molecule has 0 aliphatic carbocycles. The fraction of sp³-hybridized carbons (Fsp3) is 0.660. The summed E-state index contributed by atoms with van der Waals surface area (Å²) in [4.78, 5) is 35.0. The van der Waals surface area contributed by atoms with Gasteiger partial charge in [0.05, 0.1) is 19.3 Å². The van der Waals surface area contributed by atoms with Crippen molar-refractivity contribution in [3.63, 3.8) is 0 Å². The van der Waals surface area contributed by atoms with Crippen LogP contribution in [-0.4, -0.2) is 60.5 Å². The summed E-state index contributed by atoms with van der Waals surface area (Å²) in [7, 11) is -4.42. The smallest absolute Gasteiger partial charge is 0.466 e. The molecule has 0 amide bonds. The standard InChI is InChI=1S/C47H78NO10P/c1-5-7-9-10-19-25-30-42(49)31-26-20-15-11-13-18-23-29-35-47(51)57-43(39-56-59(52,53)55-37-36-48)38-54-46(50)34-28-22-17-14-12-16-21-27-33-45-41(4)40(3)44(58-45)32-24-8-6-2/h7,9,13,15,18-20,25-26,31,42-43,49H,5-6,8,10-12,14,16-17,21-24,27-30,32-39,48H2,1-4H3,(H,52,53)/b9-7-,18-13-,20-15-,25-19-,31-26+/t42?,43-/m1/s1. The summed E-state index contributed by atoms with van der Waals surface area (Å²) in [6.07, 6.45) is 36.8. The molecule has 2 unspecified atom stereocenters. The van der Waals surface area contributed by atoms with E-state index in [9.17, 15) is 24.2 Å². The van der Waals surface area contributed by atoms with E-state index < -0.39 is 38.6 Å². The number of ether oxygens (including phenoxy) is 2. The number of hydrogen-bond donors (Lipinski definition) is 3. The van der Waals surface area contributed by atoms with Crippen molar-refractivity contribution in [2.45, 2.75) is 175 Å². The number of furan rings is 1. The number of phosphoric acid groups is 1. The Morgan fingerprint density at radius 1 is 0.729 bits per heavy atom. The molecular weight excluding hydrogens is 769 g/mol. The fourth-order valence-electron chi connectivity index (χ4n) is 6.11. The molecule has 59 heavy (non-hydrogen) atoms. The number of allylic oxidation sites excluding steroid dienone is 8. The third kappa shape index (κ3) is 29.8. The molecule has 0 aliphatic rings. The van der Waals surface area contributed by atoms with E-state index in [1.54, 1.807) is 6.08 Å². The highest BCUT2D eigenvalue weighted by molar-refractivity contribution is 7.47. The highest BCUT2D eigenvalue weighted by Crippen LogP contribution is 2.43. The van der Waals surface area contributed by atoms with Crippen LogP contribution in [0.15, 0.2) is 65.2 Å². The molecule has 0 bridgehead atoms. The van der Waals surface area contributed by atoms with Crippen LogP contribution in [-0.2, 0) is 45.5 Å². The van der Waals surface area contributed by atoms with Crippen molar-refractivity contribution in [2.75, 3.05) is 26.4 Å². The van der Waals surface area contributed by atoms with Crippen LogP contribution in [0.25, 0.3) is 0 Å². The Hall–Kier alpha value is -3.05. The lowest BCUT2D eigenvalue weighted by Crippen LogP contribution is -2.29. The molecular formula is C47H78NO10P. The molecule has 0 spiro atoms. The van der Waals surface area contributed by atoms with E-state index in [0.717, 1.165) is 63.5 Å². The SMILES string of the molecule is CC/C=C\C/C=C\CC(O)/C=C/C=C\C/C=C\CCCC(=O)O[C@H](COC(=O)CCCCCCCCCCc1oc(CCCCC)c(C)c1C)COP(=O)(O)OCCN. The largest absolute Gasteiger partial charge is 0.472 e. The minimum absolute atomic E-state index is 0.0255. The average molecular weight is 848 g/mol. The van der Waals surface area contributed by atoms with Gasteiger partial charge in [0.15, 0.2) is 6.10 Å². The van der Waals surface area contributed by atoms with Crippen LogP contribution in [0, 0.1) is 13.8 Å². The molecule has 0 saturated carbocycles. The second-order valence-electron chi connectivity index (χ2n) is 15.0. The molecule has 0 fully saturated rings. The first-order valence-corrected chi connectivity index (χ1v) is 23.7. The summed E-state index contributed by atoms with van der Waals surface area (Å²) < 4.78 is 39.0. The summed E-state index contributed by atoms with van der Waals surface area (Å²) in [5.41, 5.74) is 7.99. The summed E-state index contributed by atoms with van der Waals surface area (Å²) in [6, 6.07) is 0. The number of aliphatic hydroxyl groups excluding tert-OH is 1. The van der Waals surface area contributed by atoms with Crippen LogP contribution < -0.4 is 5.73 Å². The first-order valence-electron chi connectivity index (χ1n) is 22.2. The normalized spacial score (nSPS) is 14.4. The van der Waals surface area contributed by atoms with E-state index >= 15 is 0 Å². The monoisotopic (exact) mass is 848 g/mol. The lowest BCUT2D eigenvalue weighted by Gasteiger charge is -2.19. The zero-order valence-electron chi connectivity index (χ0n) is 36.8. The second-order valence-corrected chi connectivity index (χ2v) is 16.4. The number of unbranched alkanes of at least 4 members (excludes halogenated alkanes) is 10. The van der Waals surface area contributed by atoms with Crippen LogP contribution in [0.5, 0.6) is 0 Å². The van der Waals surface area contributed by atoms with E-state index in [1.807, 2.05) is 42.5 Å². The lowest BCUT2D eigenvalue weighted by atomic mass is 10.0. The third-order valence-corrected chi connectivity index (χ3v) is 10.7. The Labute approximate surface area is 356 Å². The predicted octanol–water partition coefficient (Wildman–Crippen LogP) is 11.1. The van der Waals surface area contributed by atoms with Gasteiger partial charge in [0, 0.05) is 32.2 Å². The van der Waals surface area contributed by atoms with E-state index in [-0.39, 0.29) is 32.6 Å². The molecule has 0 radical (unpaired) electrons. The van der Waals surface area contributed by atoms with Crippen LogP contribution in [0.2, 0.25) is 0 Å². The minimum atomic E-state index is -4.42. The van der Waals surface area contributed by atoms with Gasteiger partial charge >= 0.3 is 19.8 Å². The van der Waals surface area contributed by atoms with Crippen molar-refractivity contribution < 1.29 is 47.1 Å². The number of rotatable bonds is 37. The molecule has 3 atom stereocenters. The third-order valence-electron chi connectivity index (χ3n) is 9.70. The first-order chi connectivity index (χ1) is 28.5. The Balaban J connectivity index is 2.32. The number of hydrogen-bond acceptors (Lipinski definition) is 10. The summed E-state index contributed by atoms with van der Waals surface area (Å²) in [5.74, 6) is 1.36. The highest BCUT2D eigenvalue weighted by atomic mass is 31.2. The van der Waals surface area contributed by atoms with Crippen molar-refractivity contribution >= 4 is 19.8 Å². The number of phosphoric ester groups is 1. The molecule has 336 valence electrons. The fourth-order valence-corrected chi connectivity index (χ4v) is 6.87. The Morgan fingerprint density at radius 3 is 2.02 bits per heavy atom. The Kier molecular flexibility index (Phi) is 32.6. The van der Waals surface area contributed by atoms with Gasteiger partial charge in [-0.3, -0.25) is 18.6 Å². The van der Waals surface area contributed by atoms with Gasteiger partial charge in [-0.2, -0.15) is 0 Å². The Bertz CT molecular complexity index is 1450. The minimum Gasteiger partial charge on any atom is -0.466 e. The highest BCUT2D eigenvalue weighted by Gasteiger charge is 2.26. The maximum atomic E-state index is 12.6. The maximum Gasteiger partial charge on any atom is 0.472 e. The van der Waals surface area contributed by atoms with Crippen LogP contribution >= 0.6 is 7.82 Å². The topological polar surface area (TPSA) is 168 Å². The zero-order chi connectivity index (χ0) is 43.4. The number of esters is 2. The van der Waals surface area contributed by atoms with Crippen molar-refractivity contribution in [3.05, 3.63) is 83.4 Å². The summed E-state index contributed by atoms with van der Waals surface area (Å²) in [5, 5.41) is 10.0. The van der Waals surface area contributed by atoms with Crippen molar-refractivity contribution in [1.29, 1.82) is 0 Å². The number of aryl methyl sites for hydroxylation is 2. The number of nitrogens with two attached hydrogens (primary N) is 1. The molecule has 11 nitrogen and oxygen atoms in total. The summed E-state index contributed by atoms with van der Waals surface area (Å²) >= 11 is 0. The molecule has 4 N–H and O–H groups in total. The van der Waals surface area contributed by atoms with Crippen LogP contribution in [0.3, 0.4) is 0 Å². The molecule has 1 aromatic rings. The zero-order valence-corrected chi connectivity index (χ0v) is 37.7. The quantitative estimate of drug-likeness (QED) is 0.0192. The lowest BCUT2D eigenvalue weighted by molar-refractivity contribution is -0.161. The molecule has 0 saturated heterocycles. The summed E-state index contributed by atoms with van der Waals surface area (Å²) in [6.45, 7) is 7.74. The van der Waals surface area contributed by atoms with E-state index in [2.05, 4.69) is 39.8 Å². The predicted molar refractivity (Wildman–Crippen MR) is 238 cm³/mol. The Morgan fingerprint density at radius 2 is 1.34 bits per heavy atom. The molecule has 0 aliphatic heterocycles. The number of aliphatic hydroxyl groups is 1. The molecule has 1 rings (SSSR count). The van der Waals surface area contributed by atoms with E-state index in [0.29, 0.717) is 32.1 Å². The number of carbonyl (C=O) groups is 2. The van der Waals surface area contributed by atoms with Crippen LogP contribution in [0.1, 0.15) is 158 Å².